The van der Waals surface area contributed by atoms with Crippen LogP contribution in [0.2, 0.25) is 0 Å². The molecule has 2 bridgehead atoms. The van der Waals surface area contributed by atoms with Crippen LogP contribution in [0.25, 0.3) is 11.0 Å². The van der Waals surface area contributed by atoms with Gasteiger partial charge in [-0.1, -0.05) is 0 Å². The summed E-state index contributed by atoms with van der Waals surface area (Å²) < 4.78 is 9.45. The van der Waals surface area contributed by atoms with Crippen LogP contribution in [0.15, 0.2) is 30.6 Å². The van der Waals surface area contributed by atoms with Crippen LogP contribution in [0.1, 0.15) is 99.0 Å². The van der Waals surface area contributed by atoms with Crippen LogP contribution >= 0.6 is 0 Å². The molecule has 3 aromatic rings. The second-order valence-electron chi connectivity index (χ2n) is 13.8. The molecule has 6 rings (SSSR count). The van der Waals surface area contributed by atoms with E-state index in [1.807, 2.05) is 55.0 Å². The zero-order valence-electron chi connectivity index (χ0n) is 27.0. The van der Waals surface area contributed by atoms with E-state index in [1.165, 1.54) is 12.8 Å². The Morgan fingerprint density at radius 3 is 2.20 bits per heavy atom. The minimum atomic E-state index is -0.972. The average molecular weight is 678 g/mol. The summed E-state index contributed by atoms with van der Waals surface area (Å²) in [6.45, 7) is 6.61. The molecule has 3 aromatic heterocycles. The summed E-state index contributed by atoms with van der Waals surface area (Å²) in [5.41, 5.74) is 1.49. The molecular formula is C33H44AsN7O4. The zero-order valence-corrected chi connectivity index (χ0v) is 29.1. The Hall–Kier alpha value is -3.46. The van der Waals surface area contributed by atoms with Crippen molar-refractivity contribution < 1.29 is 19.1 Å². The third kappa shape index (κ3) is 6.74. The van der Waals surface area contributed by atoms with Crippen molar-refractivity contribution in [1.29, 1.82) is 0 Å². The van der Waals surface area contributed by atoms with Crippen LogP contribution in [0.5, 0.6) is 0 Å². The molecular weight excluding hydrogens is 633 g/mol. The standard InChI is InChI=1S/C33H44AsN7O4/c1-33(2,3)45-32(44)40-24-13-14-25(40)20-39(19-24)29(42)21-12-15-27(35-17-21)34-31-36-18-22-16-26(30(43)38(4)5)41(28(22)37-31)23-10-8-6-7-9-11-23/h12,15-18,23-25,34H,6-11,13-14,19-20H2,1-5H3. The van der Waals surface area contributed by atoms with Gasteiger partial charge < -0.3 is 0 Å². The molecule has 5 heterocycles. The van der Waals surface area contributed by atoms with E-state index in [4.69, 9.17) is 9.72 Å². The Labute approximate surface area is 271 Å². The Balaban J connectivity index is 1.17. The van der Waals surface area contributed by atoms with Crippen LogP contribution in [0.3, 0.4) is 0 Å². The predicted octanol–water partition coefficient (Wildman–Crippen LogP) is 3.03. The molecule has 3 amide bonds. The Bertz CT molecular complexity index is 1560. The molecule has 12 heteroatoms. The van der Waals surface area contributed by atoms with E-state index >= 15 is 0 Å². The van der Waals surface area contributed by atoms with Crippen molar-refractivity contribution in [3.05, 3.63) is 41.9 Å². The number of amides is 3. The van der Waals surface area contributed by atoms with Crippen molar-refractivity contribution in [2.75, 3.05) is 27.2 Å². The number of carbonyl (C=O) groups is 3. The normalized spacial score (nSPS) is 21.0. The van der Waals surface area contributed by atoms with Crippen molar-refractivity contribution in [1.82, 2.24) is 34.2 Å². The van der Waals surface area contributed by atoms with Gasteiger partial charge in [0, 0.05) is 0 Å². The van der Waals surface area contributed by atoms with Gasteiger partial charge in [-0.05, 0) is 20.8 Å². The molecule has 1 aliphatic carbocycles. The zero-order chi connectivity index (χ0) is 31.9. The van der Waals surface area contributed by atoms with Crippen molar-refractivity contribution in [3.63, 3.8) is 0 Å². The van der Waals surface area contributed by atoms with Crippen molar-refractivity contribution in [3.8, 4) is 0 Å². The van der Waals surface area contributed by atoms with Gasteiger partial charge in [0.2, 0.25) is 0 Å². The van der Waals surface area contributed by atoms with Crippen LogP contribution in [-0.4, -0.2) is 113 Å². The molecule has 2 aliphatic heterocycles. The Kier molecular flexibility index (Phi) is 8.92. The molecule has 3 aliphatic rings. The number of aromatic nitrogens is 4. The molecule has 3 fully saturated rings. The molecule has 3 atom stereocenters. The first-order valence-corrected chi connectivity index (χ1v) is 18.2. The molecule has 0 radical (unpaired) electrons. The van der Waals surface area contributed by atoms with E-state index in [9.17, 15) is 14.4 Å². The second kappa shape index (κ2) is 12.7. The quantitative estimate of drug-likeness (QED) is 0.302. The number of hydrogen-bond acceptors (Lipinski definition) is 7. The molecule has 0 spiro atoms. The summed E-state index contributed by atoms with van der Waals surface area (Å²) in [4.78, 5) is 59.1. The third-order valence-electron chi connectivity index (χ3n) is 9.02. The molecule has 2 saturated heterocycles. The minimum absolute atomic E-state index is 0.0176. The predicted molar refractivity (Wildman–Crippen MR) is 174 cm³/mol. The van der Waals surface area contributed by atoms with Crippen molar-refractivity contribution in [2.45, 2.75) is 95.9 Å². The fourth-order valence-corrected chi connectivity index (χ4v) is 8.63. The number of carbonyl (C=O) groups excluding carboxylic acids is 3. The monoisotopic (exact) mass is 677 g/mol. The fraction of sp³-hybridized carbons (Fsp3) is 0.576. The van der Waals surface area contributed by atoms with Crippen LogP contribution in [0.4, 0.5) is 4.79 Å². The molecule has 45 heavy (non-hydrogen) atoms. The van der Waals surface area contributed by atoms with Gasteiger partial charge >= 0.3 is 251 Å². The molecule has 0 aromatic carbocycles. The first kappa shape index (κ1) is 31.5. The van der Waals surface area contributed by atoms with Crippen molar-refractivity contribution in [2.24, 2.45) is 0 Å². The van der Waals surface area contributed by atoms with Gasteiger partial charge in [-0.15, -0.1) is 0 Å². The van der Waals surface area contributed by atoms with Crippen LogP contribution in [0, 0.1) is 0 Å². The van der Waals surface area contributed by atoms with Gasteiger partial charge in [0.15, 0.2) is 0 Å². The van der Waals surface area contributed by atoms with E-state index < -0.39 is 21.4 Å². The second-order valence-corrected chi connectivity index (χ2v) is 16.3. The summed E-state index contributed by atoms with van der Waals surface area (Å²) in [7, 11) is 3.57. The van der Waals surface area contributed by atoms with E-state index in [-0.39, 0.29) is 36.0 Å². The number of piperazine rings is 1. The molecule has 11 nitrogen and oxygen atoms in total. The van der Waals surface area contributed by atoms with Gasteiger partial charge in [0.25, 0.3) is 0 Å². The number of fused-ring (bicyclic) bond motifs is 3. The number of hydrogen-bond donors (Lipinski definition) is 0. The molecule has 240 valence electrons. The topological polar surface area (TPSA) is 114 Å². The van der Waals surface area contributed by atoms with E-state index in [0.29, 0.717) is 24.3 Å². The van der Waals surface area contributed by atoms with Crippen molar-refractivity contribution >= 4 is 53.8 Å². The number of pyridine rings is 1. The van der Waals surface area contributed by atoms with E-state index in [2.05, 4.69) is 14.5 Å². The van der Waals surface area contributed by atoms with Crippen LogP contribution in [-0.2, 0) is 4.74 Å². The molecule has 1 saturated carbocycles. The van der Waals surface area contributed by atoms with Gasteiger partial charge in [-0.2, -0.15) is 0 Å². The molecule has 3 unspecified atom stereocenters. The number of ether oxygens (including phenoxy) is 1. The van der Waals surface area contributed by atoms with Gasteiger partial charge in [0.1, 0.15) is 0 Å². The fourth-order valence-electron chi connectivity index (χ4n) is 6.92. The van der Waals surface area contributed by atoms with Gasteiger partial charge in [-0.3, -0.25) is 0 Å². The van der Waals surface area contributed by atoms with Gasteiger partial charge in [0.05, 0.1) is 0 Å². The number of likely N-dealkylation sites (tertiary alicyclic amines) is 1. The summed E-state index contributed by atoms with van der Waals surface area (Å²) in [6.07, 6.45) is 11.8. The average Bonchev–Trinajstić information content (AvgIpc) is 3.34. The summed E-state index contributed by atoms with van der Waals surface area (Å²) in [5, 5.41) is 0.884. The SMILES string of the molecule is CN(C)C(=O)c1cc2cnc([AsH]c3ccc(C(=O)N4CC5CCC(C4)N5C(=O)OC(C)(C)C)cn3)nc2n1C1CCCCCC1. The Morgan fingerprint density at radius 1 is 0.911 bits per heavy atom. The maximum absolute atomic E-state index is 13.5. The van der Waals surface area contributed by atoms with E-state index in [0.717, 1.165) is 58.7 Å². The van der Waals surface area contributed by atoms with Gasteiger partial charge in [-0.25, -0.2) is 0 Å². The third-order valence-corrected chi connectivity index (χ3v) is 11.1. The summed E-state index contributed by atoms with van der Waals surface area (Å²) in [6, 6.07) is 5.88. The first-order chi connectivity index (χ1) is 21.5. The Morgan fingerprint density at radius 2 is 1.60 bits per heavy atom. The summed E-state index contributed by atoms with van der Waals surface area (Å²) in [5.74, 6) is -0.0808. The van der Waals surface area contributed by atoms with Crippen LogP contribution < -0.4 is 9.09 Å². The van der Waals surface area contributed by atoms with E-state index in [1.54, 1.807) is 25.2 Å². The number of nitrogens with zero attached hydrogens (tertiary/aromatic N) is 7. The maximum atomic E-state index is 13.5. The summed E-state index contributed by atoms with van der Waals surface area (Å²) >= 11 is -0.972. The first-order valence-electron chi connectivity index (χ1n) is 16.1. The molecule has 0 N–H and O–H groups in total. The number of rotatable bonds is 5.